The summed E-state index contributed by atoms with van der Waals surface area (Å²) in [5, 5.41) is 0.570. The Morgan fingerprint density at radius 3 is 2.48 bits per heavy atom. The third-order valence-corrected chi connectivity index (χ3v) is 6.48. The van der Waals surface area contributed by atoms with E-state index in [4.69, 9.17) is 5.73 Å². The van der Waals surface area contributed by atoms with Crippen molar-refractivity contribution in [2.75, 3.05) is 17.2 Å². The lowest BCUT2D eigenvalue weighted by atomic mass is 10.2. The van der Waals surface area contributed by atoms with Crippen LogP contribution < -0.4 is 21.9 Å². The van der Waals surface area contributed by atoms with Gasteiger partial charge in [0, 0.05) is 18.7 Å². The van der Waals surface area contributed by atoms with E-state index >= 15 is 0 Å². The quantitative estimate of drug-likeness (QED) is 0.489. The van der Waals surface area contributed by atoms with Gasteiger partial charge in [0.05, 0.1) is 5.69 Å². The topological polar surface area (TPSA) is 114 Å². The van der Waals surface area contributed by atoms with Crippen LogP contribution in [0.15, 0.2) is 33.9 Å². The highest BCUT2D eigenvalue weighted by Crippen LogP contribution is 2.30. The summed E-state index contributed by atoms with van der Waals surface area (Å²) < 4.78 is 14.6. The number of carbonyl (C=O) groups is 1. The van der Waals surface area contributed by atoms with Crippen molar-refractivity contribution in [3.8, 4) is 10.6 Å². The second-order valence-electron chi connectivity index (χ2n) is 7.75. The van der Waals surface area contributed by atoms with E-state index in [2.05, 4.69) is 9.97 Å². The number of rotatable bonds is 9. The first-order chi connectivity index (χ1) is 15.8. The summed E-state index contributed by atoms with van der Waals surface area (Å²) in [7, 11) is 0. The molecule has 0 radical (unpaired) electrons. The third kappa shape index (κ3) is 5.22. The van der Waals surface area contributed by atoms with Crippen LogP contribution in [0.3, 0.4) is 0 Å². The molecule has 0 unspecified atom stereocenters. The van der Waals surface area contributed by atoms with Gasteiger partial charge in [-0.25, -0.2) is 14.2 Å². The fourth-order valence-corrected chi connectivity index (χ4v) is 4.46. The Morgan fingerprint density at radius 1 is 1.18 bits per heavy atom. The Balaban J connectivity index is 2.08. The molecule has 2 heterocycles. The molecular formula is C23H28FN5O3S. The van der Waals surface area contributed by atoms with E-state index < -0.39 is 17.2 Å². The largest absolute Gasteiger partial charge is 0.383 e. The van der Waals surface area contributed by atoms with Gasteiger partial charge in [-0.1, -0.05) is 26.7 Å². The van der Waals surface area contributed by atoms with Crippen LogP contribution in [0.5, 0.6) is 0 Å². The molecule has 3 rings (SSSR count). The van der Waals surface area contributed by atoms with Gasteiger partial charge in [0.1, 0.15) is 21.5 Å². The number of carbonyl (C=O) groups excluding carboxylic acids is 1. The fraction of sp³-hybridized carbons (Fsp3) is 0.391. The number of benzene rings is 1. The molecule has 1 aromatic carbocycles. The van der Waals surface area contributed by atoms with E-state index in [-0.39, 0.29) is 23.9 Å². The van der Waals surface area contributed by atoms with E-state index in [9.17, 15) is 18.8 Å². The van der Waals surface area contributed by atoms with E-state index in [0.717, 1.165) is 12.8 Å². The molecule has 0 saturated heterocycles. The van der Waals surface area contributed by atoms with E-state index in [1.54, 1.807) is 19.1 Å². The SMILES string of the molecule is CCCCN(C(=O)c1sc(-c2ccc(F)cc2)nc1C)c1c(N)n(CCCC)c(=O)[nH]c1=O. The molecule has 1 amide bonds. The maximum Gasteiger partial charge on any atom is 0.330 e. The van der Waals surface area contributed by atoms with Crippen molar-refractivity contribution in [3.05, 3.63) is 61.5 Å². The zero-order valence-electron chi connectivity index (χ0n) is 19.0. The molecule has 0 saturated carbocycles. The van der Waals surface area contributed by atoms with Crippen LogP contribution in [-0.4, -0.2) is 27.0 Å². The van der Waals surface area contributed by atoms with Crippen LogP contribution in [0.4, 0.5) is 15.9 Å². The molecule has 33 heavy (non-hydrogen) atoms. The van der Waals surface area contributed by atoms with Crippen molar-refractivity contribution < 1.29 is 9.18 Å². The molecule has 0 aliphatic heterocycles. The molecule has 176 valence electrons. The highest BCUT2D eigenvalue weighted by atomic mass is 32.1. The summed E-state index contributed by atoms with van der Waals surface area (Å²) in [6.45, 7) is 6.27. The molecule has 0 spiro atoms. The van der Waals surface area contributed by atoms with Crippen LogP contribution in [0.2, 0.25) is 0 Å². The number of thiazole rings is 1. The summed E-state index contributed by atoms with van der Waals surface area (Å²) in [4.78, 5) is 47.2. The zero-order chi connectivity index (χ0) is 24.1. The van der Waals surface area contributed by atoms with Gasteiger partial charge in [-0.05, 0) is 44.0 Å². The summed E-state index contributed by atoms with van der Waals surface area (Å²) in [5.74, 6) is -0.797. The number of nitrogens with zero attached hydrogens (tertiary/aromatic N) is 3. The summed E-state index contributed by atoms with van der Waals surface area (Å²) >= 11 is 1.17. The molecule has 10 heteroatoms. The third-order valence-electron chi connectivity index (χ3n) is 5.28. The number of hydrogen-bond acceptors (Lipinski definition) is 6. The van der Waals surface area contributed by atoms with Crippen molar-refractivity contribution in [2.45, 2.75) is 53.0 Å². The first kappa shape index (κ1) is 24.4. The highest BCUT2D eigenvalue weighted by Gasteiger charge is 2.28. The normalized spacial score (nSPS) is 11.0. The summed E-state index contributed by atoms with van der Waals surface area (Å²) in [6, 6.07) is 5.87. The zero-order valence-corrected chi connectivity index (χ0v) is 19.8. The van der Waals surface area contributed by atoms with E-state index in [0.29, 0.717) is 40.5 Å². The summed E-state index contributed by atoms with van der Waals surface area (Å²) in [5.41, 5.74) is 6.13. The van der Waals surface area contributed by atoms with Crippen LogP contribution in [0.1, 0.15) is 54.9 Å². The van der Waals surface area contributed by atoms with Crippen LogP contribution in [0.25, 0.3) is 10.6 Å². The number of aromatic amines is 1. The number of hydrogen-bond donors (Lipinski definition) is 2. The maximum atomic E-state index is 13.6. The molecule has 3 aromatic rings. The van der Waals surface area contributed by atoms with Crippen molar-refractivity contribution in [1.82, 2.24) is 14.5 Å². The number of nitrogens with one attached hydrogen (secondary N) is 1. The lowest BCUT2D eigenvalue weighted by Crippen LogP contribution is -2.41. The van der Waals surface area contributed by atoms with Crippen molar-refractivity contribution >= 4 is 28.7 Å². The van der Waals surface area contributed by atoms with Gasteiger partial charge in [-0.3, -0.25) is 24.0 Å². The molecule has 0 bridgehead atoms. The van der Waals surface area contributed by atoms with Gasteiger partial charge in [0.15, 0.2) is 5.69 Å². The number of amides is 1. The lowest BCUT2D eigenvalue weighted by molar-refractivity contribution is 0.0989. The minimum Gasteiger partial charge on any atom is -0.383 e. The standard InChI is InChI=1S/C23H28FN5O3S/c1-4-6-12-28(17-19(25)29(13-7-5-2)23(32)27-20(17)30)22(31)18-14(3)26-21(33-18)15-8-10-16(24)11-9-15/h8-11H,4-7,12-13,25H2,1-3H3,(H,27,30,32). The number of H-pyrrole nitrogens is 1. The molecule has 0 aliphatic rings. The average molecular weight is 474 g/mol. The van der Waals surface area contributed by atoms with Gasteiger partial charge in [0.2, 0.25) is 0 Å². The first-order valence-corrected chi connectivity index (χ1v) is 11.8. The van der Waals surface area contributed by atoms with Gasteiger partial charge in [-0.2, -0.15) is 0 Å². The molecule has 3 N–H and O–H groups in total. The number of unbranched alkanes of at least 4 members (excludes halogenated alkanes) is 2. The molecule has 0 fully saturated rings. The molecular weight excluding hydrogens is 445 g/mol. The van der Waals surface area contributed by atoms with Crippen molar-refractivity contribution in [3.63, 3.8) is 0 Å². The monoisotopic (exact) mass is 473 g/mol. The number of nitrogens with two attached hydrogens (primary N) is 1. The smallest absolute Gasteiger partial charge is 0.330 e. The molecule has 8 nitrogen and oxygen atoms in total. The fourth-order valence-electron chi connectivity index (χ4n) is 3.44. The minimum atomic E-state index is -0.698. The van der Waals surface area contributed by atoms with Gasteiger partial charge in [-0.15, -0.1) is 11.3 Å². The second kappa shape index (κ2) is 10.6. The van der Waals surface area contributed by atoms with Crippen LogP contribution in [0, 0.1) is 12.7 Å². The lowest BCUT2D eigenvalue weighted by Gasteiger charge is -2.24. The van der Waals surface area contributed by atoms with Gasteiger partial charge >= 0.3 is 5.69 Å². The number of nitrogen functional groups attached to an aromatic ring is 1. The van der Waals surface area contributed by atoms with Crippen LogP contribution >= 0.6 is 11.3 Å². The number of halogens is 1. The maximum absolute atomic E-state index is 13.6. The molecule has 0 atom stereocenters. The van der Waals surface area contributed by atoms with E-state index in [1.165, 1.54) is 32.9 Å². The highest BCUT2D eigenvalue weighted by molar-refractivity contribution is 7.17. The van der Waals surface area contributed by atoms with Crippen molar-refractivity contribution in [2.24, 2.45) is 0 Å². The molecule has 0 aliphatic carbocycles. The Bertz CT molecular complexity index is 1250. The predicted octanol–water partition coefficient (Wildman–Crippen LogP) is 3.94. The number of aryl methyl sites for hydroxylation is 1. The second-order valence-corrected chi connectivity index (χ2v) is 8.75. The number of aromatic nitrogens is 3. The Labute approximate surface area is 194 Å². The molecule has 2 aromatic heterocycles. The first-order valence-electron chi connectivity index (χ1n) is 11.0. The Morgan fingerprint density at radius 2 is 1.85 bits per heavy atom. The Hall–Kier alpha value is -3.27. The van der Waals surface area contributed by atoms with Crippen LogP contribution in [-0.2, 0) is 6.54 Å². The van der Waals surface area contributed by atoms with Gasteiger partial charge < -0.3 is 5.73 Å². The Kier molecular flexibility index (Phi) is 7.80. The van der Waals surface area contributed by atoms with Crippen molar-refractivity contribution in [1.29, 1.82) is 0 Å². The average Bonchev–Trinajstić information content (AvgIpc) is 3.17. The predicted molar refractivity (Wildman–Crippen MR) is 129 cm³/mol. The minimum absolute atomic E-state index is 0.0254. The summed E-state index contributed by atoms with van der Waals surface area (Å²) in [6.07, 6.45) is 2.97. The number of anilines is 2. The van der Waals surface area contributed by atoms with E-state index in [1.807, 2.05) is 13.8 Å². The van der Waals surface area contributed by atoms with Gasteiger partial charge in [0.25, 0.3) is 11.5 Å².